The molecule has 2 saturated heterocycles. The maximum atomic E-state index is 14.0. The minimum atomic E-state index is -2.66. The molecule has 0 aliphatic carbocycles. The van der Waals surface area contributed by atoms with E-state index in [1.165, 1.54) is 17.8 Å². The van der Waals surface area contributed by atoms with Crippen molar-refractivity contribution in [3.63, 3.8) is 0 Å². The van der Waals surface area contributed by atoms with Crippen molar-refractivity contribution in [1.29, 1.82) is 0 Å². The fourth-order valence-corrected chi connectivity index (χ4v) is 7.59. The van der Waals surface area contributed by atoms with Gasteiger partial charge < -0.3 is 9.80 Å². The highest BCUT2D eigenvalue weighted by Crippen LogP contribution is 2.43. The summed E-state index contributed by atoms with van der Waals surface area (Å²) in [5, 5.41) is 4.37. The van der Waals surface area contributed by atoms with Gasteiger partial charge in [0.05, 0.1) is 24.2 Å². The third-order valence-corrected chi connectivity index (χ3v) is 10.3. The molecule has 10 nitrogen and oxygen atoms in total. The van der Waals surface area contributed by atoms with Crippen LogP contribution >= 0.6 is 0 Å². The first kappa shape index (κ1) is 31.2. The number of aryl methyl sites for hydroxylation is 1. The van der Waals surface area contributed by atoms with Crippen LogP contribution in [0.25, 0.3) is 17.0 Å². The third-order valence-electron chi connectivity index (χ3n) is 10.3. The maximum absolute atomic E-state index is 14.0. The molecule has 2 aromatic carbocycles. The molecule has 4 aliphatic rings. The summed E-state index contributed by atoms with van der Waals surface area (Å²) >= 11 is 0. The molecule has 0 N–H and O–H groups in total. The van der Waals surface area contributed by atoms with Gasteiger partial charge in [0.25, 0.3) is 6.43 Å². The second-order valence-electron chi connectivity index (χ2n) is 13.4. The molecule has 8 rings (SSSR count). The van der Waals surface area contributed by atoms with Crippen LogP contribution in [0.1, 0.15) is 53.6 Å². The molecular weight excluding hydrogens is 626 g/mol. The molecule has 6 heterocycles. The fourth-order valence-electron chi connectivity index (χ4n) is 7.59. The van der Waals surface area contributed by atoms with E-state index in [2.05, 4.69) is 43.2 Å². The summed E-state index contributed by atoms with van der Waals surface area (Å²) in [6.45, 7) is 3.84. The van der Waals surface area contributed by atoms with E-state index in [-0.39, 0.29) is 17.5 Å². The summed E-state index contributed by atoms with van der Waals surface area (Å²) in [6.07, 6.45) is 4.77. The number of carbonyl (C=O) groups excluding carboxylic acids is 2. The van der Waals surface area contributed by atoms with Gasteiger partial charge in [-0.3, -0.25) is 29.1 Å². The summed E-state index contributed by atoms with van der Waals surface area (Å²) in [4.78, 5) is 46.0. The molecule has 12 heteroatoms. The average molecular weight is 663 g/mol. The number of alkyl halides is 2. The van der Waals surface area contributed by atoms with Crippen molar-refractivity contribution in [2.75, 3.05) is 44.2 Å². The number of halogens is 2. The predicted octanol–water partition coefficient (Wildman–Crippen LogP) is 4.91. The Morgan fingerprint density at radius 3 is 2.53 bits per heavy atom. The van der Waals surface area contributed by atoms with E-state index in [1.54, 1.807) is 17.1 Å². The van der Waals surface area contributed by atoms with Crippen LogP contribution in [0.15, 0.2) is 78.2 Å². The van der Waals surface area contributed by atoms with Crippen molar-refractivity contribution in [2.45, 2.75) is 32.2 Å². The molecule has 2 aromatic heterocycles. The Hall–Kier alpha value is -5.10. The van der Waals surface area contributed by atoms with Gasteiger partial charge in [0.2, 0.25) is 11.8 Å². The molecule has 4 aromatic rings. The Labute approximate surface area is 282 Å². The van der Waals surface area contributed by atoms with Gasteiger partial charge >= 0.3 is 0 Å². The molecule has 1 atom stereocenters. The summed E-state index contributed by atoms with van der Waals surface area (Å²) in [5.41, 5.74) is 6.41. The van der Waals surface area contributed by atoms with Crippen LogP contribution in [0.5, 0.6) is 0 Å². The molecular formula is C37H36F2N8O2. The summed E-state index contributed by atoms with van der Waals surface area (Å²) in [6, 6.07) is 17.2. The lowest BCUT2D eigenvalue weighted by atomic mass is 9.85. The first-order chi connectivity index (χ1) is 23.8. The number of amides is 2. The van der Waals surface area contributed by atoms with Gasteiger partial charge in [-0.15, -0.1) is 0 Å². The Bertz CT molecular complexity index is 2010. The monoisotopic (exact) mass is 662 g/mol. The van der Waals surface area contributed by atoms with Crippen LogP contribution in [0.2, 0.25) is 0 Å². The number of anilines is 1. The summed E-state index contributed by atoms with van der Waals surface area (Å²) in [7, 11) is 1.85. The molecule has 4 aliphatic heterocycles. The van der Waals surface area contributed by atoms with E-state index < -0.39 is 11.8 Å². The molecule has 2 amide bonds. The van der Waals surface area contributed by atoms with Crippen molar-refractivity contribution < 1.29 is 18.4 Å². The number of likely N-dealkylation sites (tertiary alicyclic amines) is 1. The van der Waals surface area contributed by atoms with E-state index in [0.717, 1.165) is 47.2 Å². The number of aromatic nitrogens is 4. The van der Waals surface area contributed by atoms with Crippen molar-refractivity contribution >= 4 is 28.8 Å². The largest absolute Gasteiger partial charge is 0.338 e. The number of benzene rings is 2. The van der Waals surface area contributed by atoms with Crippen molar-refractivity contribution in [3.8, 4) is 11.4 Å². The first-order valence-electron chi connectivity index (χ1n) is 16.7. The number of nitrogens with zero attached hydrogens (tertiary/aromatic N) is 8. The molecule has 49 heavy (non-hydrogen) atoms. The van der Waals surface area contributed by atoms with Gasteiger partial charge in [-0.25, -0.2) is 13.8 Å². The number of hydrogen-bond acceptors (Lipinski definition) is 7. The van der Waals surface area contributed by atoms with E-state index in [4.69, 9.17) is 0 Å². The average Bonchev–Trinajstić information content (AvgIpc) is 3.92. The molecule has 0 unspecified atom stereocenters. The van der Waals surface area contributed by atoms with Gasteiger partial charge in [0.15, 0.2) is 5.82 Å². The Morgan fingerprint density at radius 2 is 1.78 bits per heavy atom. The lowest BCUT2D eigenvalue weighted by Gasteiger charge is -2.29. The van der Waals surface area contributed by atoms with Crippen LogP contribution in [0.4, 0.5) is 14.5 Å². The normalized spacial score (nSPS) is 20.8. The van der Waals surface area contributed by atoms with Crippen LogP contribution in [0, 0.1) is 5.41 Å². The number of carbonyl (C=O) groups is 2. The standard InChI is InChI=1S/C37H36F2N8O2/c1-44-23-42-35(43-44)26-4-2-24(3-5-26)25-9-14-46(15-10-25)32(48)21-45-16-11-37(22-45)12-17-47(36(37)49)29-7-6-28-20-41-33(30(28)19-29)27-8-13-40-31(18-27)34(38)39/h2-9,13,18-19,23,34H,10-12,14-17,20-22H2,1H3/t37-/m0/s1. The Kier molecular flexibility index (Phi) is 7.90. The minimum absolute atomic E-state index is 0.0816. The number of fused-ring (bicyclic) bond motifs is 1. The van der Waals surface area contributed by atoms with Gasteiger partial charge in [-0.1, -0.05) is 36.4 Å². The highest BCUT2D eigenvalue weighted by molar-refractivity contribution is 6.16. The second kappa shape index (κ2) is 12.4. The van der Waals surface area contributed by atoms with Crippen LogP contribution < -0.4 is 4.90 Å². The highest BCUT2D eigenvalue weighted by Gasteiger charge is 2.51. The SMILES string of the molecule is Cn1cnc(-c2ccc(C3=CCN(C(=O)CN4CC[C@]5(CCN(c6ccc7c(c6)C(c6ccnc(C(F)F)c6)=NC7)C5=O)C4)CC3)cc2)n1. The first-order valence-corrected chi connectivity index (χ1v) is 16.7. The van der Waals surface area contributed by atoms with Gasteiger partial charge in [0, 0.05) is 61.8 Å². The van der Waals surface area contributed by atoms with Crippen LogP contribution in [-0.2, 0) is 23.2 Å². The second-order valence-corrected chi connectivity index (χ2v) is 13.4. The number of hydrogen-bond donors (Lipinski definition) is 0. The number of aliphatic imine (C=N–C) groups is 1. The van der Waals surface area contributed by atoms with E-state index in [9.17, 15) is 18.4 Å². The summed E-state index contributed by atoms with van der Waals surface area (Å²) in [5.74, 6) is 0.864. The van der Waals surface area contributed by atoms with Crippen molar-refractivity contribution in [3.05, 3.63) is 101 Å². The van der Waals surface area contributed by atoms with Crippen molar-refractivity contribution in [2.24, 2.45) is 17.5 Å². The maximum Gasteiger partial charge on any atom is 0.280 e. The number of pyridine rings is 1. The Balaban J connectivity index is 0.887. The topological polar surface area (TPSA) is 99.8 Å². The molecule has 1 spiro atoms. The lowest BCUT2D eigenvalue weighted by Crippen LogP contribution is -2.43. The zero-order valence-corrected chi connectivity index (χ0v) is 27.2. The predicted molar refractivity (Wildman–Crippen MR) is 181 cm³/mol. The van der Waals surface area contributed by atoms with E-state index in [1.807, 2.05) is 47.2 Å². The van der Waals surface area contributed by atoms with E-state index >= 15 is 0 Å². The molecule has 0 saturated carbocycles. The summed E-state index contributed by atoms with van der Waals surface area (Å²) < 4.78 is 28.3. The molecule has 0 radical (unpaired) electrons. The fraction of sp³-hybridized carbons (Fsp3) is 0.351. The Morgan fingerprint density at radius 1 is 0.959 bits per heavy atom. The minimum Gasteiger partial charge on any atom is -0.338 e. The van der Waals surface area contributed by atoms with Gasteiger partial charge in [-0.05, 0) is 66.8 Å². The smallest absolute Gasteiger partial charge is 0.280 e. The quantitative estimate of drug-likeness (QED) is 0.279. The van der Waals surface area contributed by atoms with Crippen LogP contribution in [-0.4, -0.2) is 86.3 Å². The molecule has 0 bridgehead atoms. The highest BCUT2D eigenvalue weighted by atomic mass is 19.3. The third kappa shape index (κ3) is 5.83. The van der Waals surface area contributed by atoms with Crippen molar-refractivity contribution in [1.82, 2.24) is 29.5 Å². The lowest BCUT2D eigenvalue weighted by molar-refractivity contribution is -0.132. The zero-order chi connectivity index (χ0) is 33.7. The zero-order valence-electron chi connectivity index (χ0n) is 27.2. The van der Waals surface area contributed by atoms with Gasteiger partial charge in [-0.2, -0.15) is 5.10 Å². The van der Waals surface area contributed by atoms with Crippen LogP contribution in [0.3, 0.4) is 0 Å². The molecule has 2 fully saturated rings. The molecule has 250 valence electrons. The van der Waals surface area contributed by atoms with Gasteiger partial charge in [0.1, 0.15) is 12.0 Å². The van der Waals surface area contributed by atoms with E-state index in [0.29, 0.717) is 62.9 Å². The number of rotatable bonds is 7.